The fraction of sp³-hybridized carbons (Fsp3) is 0.0625. The molecule has 6 heteroatoms. The molecule has 0 fully saturated rings. The fourth-order valence-corrected chi connectivity index (χ4v) is 2.66. The zero-order valence-electron chi connectivity index (χ0n) is 11.9. The monoisotopic (exact) mass is 291 g/mol. The molecular weight excluding hydrogens is 278 g/mol. The molecule has 4 N–H and O–H groups in total. The van der Waals surface area contributed by atoms with Crippen LogP contribution in [0.5, 0.6) is 5.75 Å². The summed E-state index contributed by atoms with van der Waals surface area (Å²) in [5, 5.41) is 3.81. The number of anilines is 2. The highest BCUT2D eigenvalue weighted by Gasteiger charge is 2.09. The maximum Gasteiger partial charge on any atom is 0.224 e. The summed E-state index contributed by atoms with van der Waals surface area (Å²) < 4.78 is 5.31. The van der Waals surface area contributed by atoms with Crippen LogP contribution in [0.15, 0.2) is 36.4 Å². The number of hydrogen-bond donors (Lipinski definition) is 2. The topological polar surface area (TPSA) is 99.9 Å². The molecule has 0 aliphatic rings. The molecule has 0 bridgehead atoms. The Morgan fingerprint density at radius 2 is 1.68 bits per heavy atom. The molecule has 2 aromatic heterocycles. The average Bonchev–Trinajstić information content (AvgIpc) is 2.52. The smallest absolute Gasteiger partial charge is 0.224 e. The number of nitrogens with zero attached hydrogens (tertiary/aromatic N) is 3. The first-order valence-electron chi connectivity index (χ1n) is 6.76. The Morgan fingerprint density at radius 1 is 0.864 bits per heavy atom. The largest absolute Gasteiger partial charge is 0.497 e. The van der Waals surface area contributed by atoms with E-state index in [-0.39, 0.29) is 5.95 Å². The second kappa shape index (κ2) is 4.42. The van der Waals surface area contributed by atoms with E-state index >= 15 is 0 Å². The molecule has 4 rings (SSSR count). The van der Waals surface area contributed by atoms with Crippen molar-refractivity contribution in [3.8, 4) is 5.75 Å². The normalized spacial score (nSPS) is 11.3. The lowest BCUT2D eigenvalue weighted by Gasteiger charge is -2.08. The van der Waals surface area contributed by atoms with Crippen LogP contribution in [0.3, 0.4) is 0 Å². The molecule has 0 saturated carbocycles. The van der Waals surface area contributed by atoms with Gasteiger partial charge < -0.3 is 16.2 Å². The molecule has 0 saturated heterocycles. The number of rotatable bonds is 1. The lowest BCUT2D eigenvalue weighted by Crippen LogP contribution is -2.01. The van der Waals surface area contributed by atoms with Crippen LogP contribution in [-0.4, -0.2) is 22.1 Å². The molecule has 2 heterocycles. The highest BCUT2D eigenvalue weighted by Crippen LogP contribution is 2.30. The fourth-order valence-electron chi connectivity index (χ4n) is 2.66. The maximum absolute atomic E-state index is 5.95. The van der Waals surface area contributed by atoms with E-state index in [0.717, 1.165) is 27.4 Å². The molecule has 0 aliphatic carbocycles. The third-order valence-electron chi connectivity index (χ3n) is 3.73. The Bertz CT molecular complexity index is 1040. The Balaban J connectivity index is 2.18. The van der Waals surface area contributed by atoms with Gasteiger partial charge in [-0.05, 0) is 35.0 Å². The van der Waals surface area contributed by atoms with Gasteiger partial charge in [-0.15, -0.1) is 0 Å². The van der Waals surface area contributed by atoms with Crippen molar-refractivity contribution in [3.05, 3.63) is 36.4 Å². The molecule has 6 nitrogen and oxygen atoms in total. The first-order chi connectivity index (χ1) is 10.7. The molecule has 0 unspecified atom stereocenters. The zero-order valence-corrected chi connectivity index (χ0v) is 11.9. The summed E-state index contributed by atoms with van der Waals surface area (Å²) in [4.78, 5) is 12.7. The van der Waals surface area contributed by atoms with Gasteiger partial charge in [0.25, 0.3) is 0 Å². The summed E-state index contributed by atoms with van der Waals surface area (Å²) in [6.07, 6.45) is 0. The number of benzene rings is 2. The summed E-state index contributed by atoms with van der Waals surface area (Å²) in [5.41, 5.74) is 12.9. The summed E-state index contributed by atoms with van der Waals surface area (Å²) in [5.74, 6) is 1.25. The molecule has 0 amide bonds. The molecule has 0 spiro atoms. The Hall–Kier alpha value is -3.15. The van der Waals surface area contributed by atoms with Gasteiger partial charge in [-0.2, -0.15) is 9.97 Å². The molecule has 0 aliphatic heterocycles. The van der Waals surface area contributed by atoms with Crippen LogP contribution in [0.25, 0.3) is 32.7 Å². The number of hydrogen-bond acceptors (Lipinski definition) is 6. The van der Waals surface area contributed by atoms with Gasteiger partial charge in [0.2, 0.25) is 5.95 Å². The SMILES string of the molecule is COc1ccc2ccc3nc4nc(N)nc(N)c4cc3c2c1. The molecule has 4 aromatic rings. The Kier molecular flexibility index (Phi) is 2.53. The minimum Gasteiger partial charge on any atom is -0.497 e. The molecule has 0 atom stereocenters. The van der Waals surface area contributed by atoms with Gasteiger partial charge in [0.1, 0.15) is 11.6 Å². The lowest BCUT2D eigenvalue weighted by atomic mass is 10.0. The molecule has 108 valence electrons. The maximum atomic E-state index is 5.95. The van der Waals surface area contributed by atoms with Crippen molar-refractivity contribution in [1.29, 1.82) is 0 Å². The van der Waals surface area contributed by atoms with E-state index in [1.165, 1.54) is 0 Å². The second-order valence-electron chi connectivity index (χ2n) is 5.05. The first-order valence-corrected chi connectivity index (χ1v) is 6.76. The number of aromatic nitrogens is 3. The molecule has 22 heavy (non-hydrogen) atoms. The van der Waals surface area contributed by atoms with Crippen LogP contribution in [0.2, 0.25) is 0 Å². The van der Waals surface area contributed by atoms with Crippen LogP contribution in [-0.2, 0) is 0 Å². The second-order valence-corrected chi connectivity index (χ2v) is 5.05. The van der Waals surface area contributed by atoms with Crippen molar-refractivity contribution in [3.63, 3.8) is 0 Å². The summed E-state index contributed by atoms with van der Waals surface area (Å²) in [6.45, 7) is 0. The number of nitrogens with two attached hydrogens (primary N) is 2. The van der Waals surface area contributed by atoms with Gasteiger partial charge in [0.05, 0.1) is 18.0 Å². The summed E-state index contributed by atoms with van der Waals surface area (Å²) >= 11 is 0. The van der Waals surface area contributed by atoms with Gasteiger partial charge in [-0.3, -0.25) is 0 Å². The van der Waals surface area contributed by atoms with E-state index in [4.69, 9.17) is 16.2 Å². The number of fused-ring (bicyclic) bond motifs is 4. The highest BCUT2D eigenvalue weighted by molar-refractivity contribution is 6.10. The predicted molar refractivity (Wildman–Crippen MR) is 87.7 cm³/mol. The van der Waals surface area contributed by atoms with Gasteiger partial charge in [0.15, 0.2) is 5.65 Å². The Labute approximate surface area is 125 Å². The van der Waals surface area contributed by atoms with Crippen LogP contribution in [0, 0.1) is 0 Å². The quantitative estimate of drug-likeness (QED) is 0.413. The minimum atomic E-state index is 0.124. The van der Waals surface area contributed by atoms with Gasteiger partial charge in [0, 0.05) is 5.39 Å². The number of methoxy groups -OCH3 is 1. The number of nitrogen functional groups attached to an aromatic ring is 2. The van der Waals surface area contributed by atoms with Crippen molar-refractivity contribution < 1.29 is 4.74 Å². The van der Waals surface area contributed by atoms with E-state index in [1.807, 2.05) is 36.4 Å². The van der Waals surface area contributed by atoms with Crippen LogP contribution >= 0.6 is 0 Å². The van der Waals surface area contributed by atoms with Crippen molar-refractivity contribution >= 4 is 44.5 Å². The van der Waals surface area contributed by atoms with E-state index in [9.17, 15) is 0 Å². The predicted octanol–water partition coefficient (Wildman–Crippen LogP) is 2.50. The van der Waals surface area contributed by atoms with Crippen LogP contribution in [0.4, 0.5) is 11.8 Å². The average molecular weight is 291 g/mol. The minimum absolute atomic E-state index is 0.124. The van der Waals surface area contributed by atoms with Crippen LogP contribution < -0.4 is 16.2 Å². The van der Waals surface area contributed by atoms with Gasteiger partial charge >= 0.3 is 0 Å². The van der Waals surface area contributed by atoms with E-state index in [1.54, 1.807) is 7.11 Å². The lowest BCUT2D eigenvalue weighted by molar-refractivity contribution is 0.415. The van der Waals surface area contributed by atoms with Crippen LogP contribution in [0.1, 0.15) is 0 Å². The highest BCUT2D eigenvalue weighted by atomic mass is 16.5. The van der Waals surface area contributed by atoms with Crippen molar-refractivity contribution in [2.75, 3.05) is 18.6 Å². The van der Waals surface area contributed by atoms with Crippen molar-refractivity contribution in [1.82, 2.24) is 15.0 Å². The molecular formula is C16H13N5O. The van der Waals surface area contributed by atoms with Gasteiger partial charge in [-0.1, -0.05) is 12.1 Å². The number of pyridine rings is 1. The summed E-state index contributed by atoms with van der Waals surface area (Å²) in [6, 6.07) is 11.9. The van der Waals surface area contributed by atoms with E-state index in [2.05, 4.69) is 15.0 Å². The molecule has 2 aromatic carbocycles. The molecule has 0 radical (unpaired) electrons. The van der Waals surface area contributed by atoms with Crippen molar-refractivity contribution in [2.24, 2.45) is 0 Å². The first kappa shape index (κ1) is 12.6. The van der Waals surface area contributed by atoms with Gasteiger partial charge in [-0.25, -0.2) is 4.98 Å². The number of ether oxygens (including phenoxy) is 1. The standard InChI is InChI=1S/C16H13N5O/c1-22-9-4-2-8-3-5-13-11(10(8)6-9)7-12-14(17)20-16(18)21-15(12)19-13/h2-7H,1H3,(H4,17,18,19,20,21). The zero-order chi connectivity index (χ0) is 15.3. The van der Waals surface area contributed by atoms with Crippen molar-refractivity contribution in [2.45, 2.75) is 0 Å². The summed E-state index contributed by atoms with van der Waals surface area (Å²) in [7, 11) is 1.65. The van der Waals surface area contributed by atoms with E-state index < -0.39 is 0 Å². The van der Waals surface area contributed by atoms with E-state index in [0.29, 0.717) is 16.9 Å². The third-order valence-corrected chi connectivity index (χ3v) is 3.73. The Morgan fingerprint density at radius 3 is 2.50 bits per heavy atom. The third kappa shape index (κ3) is 1.77.